The first kappa shape index (κ1) is 18.1. The van der Waals surface area contributed by atoms with Gasteiger partial charge in [-0.25, -0.2) is 4.98 Å². The highest BCUT2D eigenvalue weighted by molar-refractivity contribution is 14.1. The van der Waals surface area contributed by atoms with Gasteiger partial charge in [-0.2, -0.15) is 0 Å². The molecule has 2 aliphatic rings. The Morgan fingerprint density at radius 2 is 1.89 bits per heavy atom. The van der Waals surface area contributed by atoms with Crippen molar-refractivity contribution in [3.63, 3.8) is 0 Å². The van der Waals surface area contributed by atoms with E-state index in [2.05, 4.69) is 32.6 Å². The summed E-state index contributed by atoms with van der Waals surface area (Å²) in [6.07, 6.45) is 3.09. The van der Waals surface area contributed by atoms with E-state index >= 15 is 0 Å². The summed E-state index contributed by atoms with van der Waals surface area (Å²) >= 11 is 2.23. The molecule has 4 rings (SSSR count). The number of pyridine rings is 1. The number of aliphatic imine (C=N–C) groups is 1. The number of fused-ring (bicyclic) bond motifs is 2. The average Bonchev–Trinajstić information content (AvgIpc) is 2.92. The van der Waals surface area contributed by atoms with Gasteiger partial charge in [0, 0.05) is 37.3 Å². The van der Waals surface area contributed by atoms with Gasteiger partial charge in [0.25, 0.3) is 11.8 Å². The quantitative estimate of drug-likeness (QED) is 0.492. The van der Waals surface area contributed by atoms with Crippen molar-refractivity contribution in [3.8, 4) is 5.88 Å². The molecule has 0 N–H and O–H groups in total. The lowest BCUT2D eigenvalue weighted by molar-refractivity contribution is 0.0633. The Morgan fingerprint density at radius 3 is 2.59 bits per heavy atom. The van der Waals surface area contributed by atoms with Gasteiger partial charge in [-0.05, 0) is 53.6 Å². The van der Waals surface area contributed by atoms with E-state index in [1.807, 2.05) is 19.2 Å². The highest BCUT2D eigenvalue weighted by Crippen LogP contribution is 2.25. The highest BCUT2D eigenvalue weighted by atomic mass is 127. The molecule has 0 unspecified atom stereocenters. The molecule has 2 aliphatic heterocycles. The molecule has 1 aromatic carbocycles. The number of nitrogens with zero attached hydrogens (tertiary/aromatic N) is 3. The third-order valence-corrected chi connectivity index (χ3v) is 5.70. The topological polar surface area (TPSA) is 71.9 Å². The first-order valence-corrected chi connectivity index (χ1v) is 9.93. The molecule has 0 aliphatic carbocycles. The summed E-state index contributed by atoms with van der Waals surface area (Å²) in [6, 6.07) is 8.83. The molecule has 3 heterocycles. The molecule has 2 aromatic rings. The molecule has 0 saturated carbocycles. The van der Waals surface area contributed by atoms with E-state index in [4.69, 9.17) is 4.74 Å². The van der Waals surface area contributed by atoms with Crippen LogP contribution in [0, 0.1) is 0 Å². The number of carbonyl (C=O) groups excluding carboxylic acids is 2. The summed E-state index contributed by atoms with van der Waals surface area (Å²) in [5, 5.41) is 0. The maximum absolute atomic E-state index is 12.4. The number of benzene rings is 1. The van der Waals surface area contributed by atoms with Crippen LogP contribution in [0.3, 0.4) is 0 Å². The Balaban J connectivity index is 1.39. The van der Waals surface area contributed by atoms with E-state index < -0.39 is 0 Å². The molecular formula is C20H18IN3O3. The van der Waals surface area contributed by atoms with Crippen LogP contribution in [-0.4, -0.2) is 44.6 Å². The minimum Gasteiger partial charge on any atom is -0.475 e. The maximum Gasteiger partial charge on any atom is 0.261 e. The van der Waals surface area contributed by atoms with Gasteiger partial charge in [0.2, 0.25) is 5.88 Å². The van der Waals surface area contributed by atoms with Gasteiger partial charge in [-0.1, -0.05) is 12.1 Å². The molecule has 0 saturated heterocycles. The Kier molecular flexibility index (Phi) is 4.94. The van der Waals surface area contributed by atoms with Crippen LogP contribution in [0.1, 0.15) is 45.2 Å². The number of carbonyl (C=O) groups is 2. The molecule has 2 amide bonds. The van der Waals surface area contributed by atoms with Crippen molar-refractivity contribution in [2.75, 3.05) is 13.1 Å². The van der Waals surface area contributed by atoms with E-state index in [9.17, 15) is 9.59 Å². The predicted molar refractivity (Wildman–Crippen MR) is 110 cm³/mol. The lowest BCUT2D eigenvalue weighted by atomic mass is 10.1. The maximum atomic E-state index is 12.4. The molecule has 0 spiro atoms. The number of amides is 2. The Morgan fingerprint density at radius 1 is 1.19 bits per heavy atom. The van der Waals surface area contributed by atoms with E-state index in [0.717, 1.165) is 22.2 Å². The fraction of sp³-hybridized carbons (Fsp3) is 0.300. The monoisotopic (exact) mass is 475 g/mol. The van der Waals surface area contributed by atoms with E-state index in [0.29, 0.717) is 30.0 Å². The minimum atomic E-state index is -0.236. The van der Waals surface area contributed by atoms with Crippen molar-refractivity contribution in [1.29, 1.82) is 0 Å². The molecule has 0 fully saturated rings. The third-order valence-electron chi connectivity index (χ3n) is 4.77. The second-order valence-corrected chi connectivity index (χ2v) is 7.65. The van der Waals surface area contributed by atoms with Crippen LogP contribution >= 0.6 is 22.6 Å². The zero-order chi connectivity index (χ0) is 19.0. The normalized spacial score (nSPS) is 16.7. The van der Waals surface area contributed by atoms with Gasteiger partial charge in [-0.3, -0.25) is 19.5 Å². The van der Waals surface area contributed by atoms with Crippen LogP contribution in [0.25, 0.3) is 0 Å². The average molecular weight is 475 g/mol. The van der Waals surface area contributed by atoms with Crippen LogP contribution in [-0.2, 0) is 6.42 Å². The van der Waals surface area contributed by atoms with Crippen LogP contribution in [0.5, 0.6) is 5.88 Å². The lowest BCUT2D eigenvalue weighted by Gasteiger charge is -2.19. The number of rotatable bonds is 5. The summed E-state index contributed by atoms with van der Waals surface area (Å²) in [7, 11) is 0. The fourth-order valence-electron chi connectivity index (χ4n) is 3.30. The number of imide groups is 1. The first-order valence-electron chi connectivity index (χ1n) is 8.85. The van der Waals surface area contributed by atoms with Gasteiger partial charge >= 0.3 is 0 Å². The SMILES string of the molecule is C[C@H](CCN1C(=O)c2ccccc2C1=O)Oc1cc2c(cn1)CCN=C2I. The van der Waals surface area contributed by atoms with Crippen molar-refractivity contribution >= 4 is 38.1 Å². The van der Waals surface area contributed by atoms with Crippen LogP contribution in [0.15, 0.2) is 41.5 Å². The molecule has 1 atom stereocenters. The summed E-state index contributed by atoms with van der Waals surface area (Å²) in [5.41, 5.74) is 3.20. The first-order chi connectivity index (χ1) is 13.0. The number of hydrogen-bond donors (Lipinski definition) is 0. The molecular weight excluding hydrogens is 457 g/mol. The fourth-order valence-corrected chi connectivity index (χ4v) is 4.04. The zero-order valence-electron chi connectivity index (χ0n) is 14.8. The molecule has 138 valence electrons. The van der Waals surface area contributed by atoms with Crippen molar-refractivity contribution in [3.05, 3.63) is 58.8 Å². The number of hydrogen-bond acceptors (Lipinski definition) is 5. The molecule has 27 heavy (non-hydrogen) atoms. The van der Waals surface area contributed by atoms with E-state index in [1.165, 1.54) is 10.5 Å². The zero-order valence-corrected chi connectivity index (χ0v) is 17.0. The third kappa shape index (κ3) is 3.47. The number of aromatic nitrogens is 1. The van der Waals surface area contributed by atoms with Crippen molar-refractivity contribution in [2.24, 2.45) is 4.99 Å². The summed E-state index contributed by atoms with van der Waals surface area (Å²) in [4.78, 5) is 35.0. The summed E-state index contributed by atoms with van der Waals surface area (Å²) in [6.45, 7) is 3.03. The number of ether oxygens (including phenoxy) is 1. The Labute approximate surface area is 170 Å². The van der Waals surface area contributed by atoms with Gasteiger partial charge in [0.05, 0.1) is 17.2 Å². The smallest absolute Gasteiger partial charge is 0.261 e. The van der Waals surface area contributed by atoms with Crippen LogP contribution < -0.4 is 4.74 Å². The predicted octanol–water partition coefficient (Wildman–Crippen LogP) is 3.27. The molecule has 1 aromatic heterocycles. The van der Waals surface area contributed by atoms with E-state index in [-0.39, 0.29) is 17.9 Å². The van der Waals surface area contributed by atoms with Crippen LogP contribution in [0.4, 0.5) is 0 Å². The number of halogens is 1. The van der Waals surface area contributed by atoms with Gasteiger partial charge in [0.15, 0.2) is 0 Å². The second-order valence-electron chi connectivity index (χ2n) is 6.63. The van der Waals surface area contributed by atoms with Gasteiger partial charge in [0.1, 0.15) is 3.72 Å². The van der Waals surface area contributed by atoms with Crippen LogP contribution in [0.2, 0.25) is 0 Å². The molecule has 6 nitrogen and oxygen atoms in total. The largest absolute Gasteiger partial charge is 0.475 e. The summed E-state index contributed by atoms with van der Waals surface area (Å²) < 4.78 is 6.89. The molecule has 0 radical (unpaired) electrons. The summed E-state index contributed by atoms with van der Waals surface area (Å²) in [5.74, 6) is 0.0656. The van der Waals surface area contributed by atoms with Crippen molar-refractivity contribution in [1.82, 2.24) is 9.88 Å². The molecule has 0 bridgehead atoms. The Hall–Kier alpha value is -2.29. The van der Waals surface area contributed by atoms with Gasteiger partial charge < -0.3 is 4.74 Å². The lowest BCUT2D eigenvalue weighted by Crippen LogP contribution is -2.33. The standard InChI is InChI=1S/C20H18IN3O3/c1-12(27-17-10-16-13(11-23-17)6-8-22-18(16)21)7-9-24-19(25)14-4-2-3-5-15(14)20(24)26/h2-5,10-12H,6-9H2,1H3/t12-/m1/s1. The Bertz CT molecular complexity index is 922. The molecule has 7 heteroatoms. The highest BCUT2D eigenvalue weighted by Gasteiger charge is 2.34. The van der Waals surface area contributed by atoms with Gasteiger partial charge in [-0.15, -0.1) is 0 Å². The second kappa shape index (κ2) is 7.38. The van der Waals surface area contributed by atoms with Crippen molar-refractivity contribution in [2.45, 2.75) is 25.9 Å². The van der Waals surface area contributed by atoms with Crippen molar-refractivity contribution < 1.29 is 14.3 Å². The van der Waals surface area contributed by atoms with E-state index in [1.54, 1.807) is 24.3 Å². The minimum absolute atomic E-state index is 0.182.